The van der Waals surface area contributed by atoms with Crippen molar-refractivity contribution in [1.29, 1.82) is 0 Å². The summed E-state index contributed by atoms with van der Waals surface area (Å²) in [4.78, 5) is 27.0. The number of nitrogens with zero attached hydrogens (tertiary/aromatic N) is 5. The summed E-state index contributed by atoms with van der Waals surface area (Å²) >= 11 is 5.96. The van der Waals surface area contributed by atoms with Crippen molar-refractivity contribution < 1.29 is 14.3 Å². The van der Waals surface area contributed by atoms with Gasteiger partial charge in [0.15, 0.2) is 0 Å². The van der Waals surface area contributed by atoms with E-state index in [2.05, 4.69) is 15.0 Å². The number of carbonyl (C=O) groups excluding carboxylic acids is 1. The van der Waals surface area contributed by atoms with Gasteiger partial charge in [0.05, 0.1) is 5.69 Å². The first kappa shape index (κ1) is 22.1. The Morgan fingerprint density at radius 2 is 1.81 bits per heavy atom. The number of carbonyl (C=O) groups is 1. The molecule has 8 nitrogen and oxygen atoms in total. The van der Waals surface area contributed by atoms with Gasteiger partial charge in [-0.3, -0.25) is 4.57 Å². The predicted octanol–water partition coefficient (Wildman–Crippen LogP) is 4.76. The van der Waals surface area contributed by atoms with Crippen LogP contribution >= 0.6 is 11.6 Å². The van der Waals surface area contributed by atoms with Crippen molar-refractivity contribution in [2.75, 3.05) is 13.1 Å². The number of likely N-dealkylation sites (tertiary alicyclic amines) is 1. The summed E-state index contributed by atoms with van der Waals surface area (Å²) in [6.07, 6.45) is 6.20. The van der Waals surface area contributed by atoms with Crippen LogP contribution in [-0.4, -0.2) is 55.3 Å². The zero-order valence-electron chi connectivity index (χ0n) is 18.4. The quantitative estimate of drug-likeness (QED) is 0.564. The van der Waals surface area contributed by atoms with Gasteiger partial charge in [0.25, 0.3) is 0 Å². The number of piperidine rings is 1. The SMILES string of the molecule is CC(C)(C)OC(=O)N1CCC(Oc2cc(-n3cnc(-c4ccc(Cl)cc4)c3)ncn2)CC1. The van der Waals surface area contributed by atoms with Crippen LogP contribution in [0.15, 0.2) is 49.2 Å². The lowest BCUT2D eigenvalue weighted by molar-refractivity contribution is 0.0123. The first-order valence-electron chi connectivity index (χ1n) is 10.5. The zero-order valence-corrected chi connectivity index (χ0v) is 19.1. The number of rotatable bonds is 4. The third kappa shape index (κ3) is 5.56. The molecule has 4 rings (SSSR count). The van der Waals surface area contributed by atoms with Crippen molar-refractivity contribution in [2.45, 2.75) is 45.3 Å². The van der Waals surface area contributed by atoms with E-state index in [9.17, 15) is 4.79 Å². The van der Waals surface area contributed by atoms with Crippen LogP contribution in [-0.2, 0) is 4.74 Å². The van der Waals surface area contributed by atoms with Gasteiger partial charge in [-0.1, -0.05) is 23.7 Å². The largest absolute Gasteiger partial charge is 0.474 e. The van der Waals surface area contributed by atoms with Gasteiger partial charge in [-0.15, -0.1) is 0 Å². The number of aromatic nitrogens is 4. The molecule has 32 heavy (non-hydrogen) atoms. The van der Waals surface area contributed by atoms with Crippen molar-refractivity contribution in [3.05, 3.63) is 54.2 Å². The maximum atomic E-state index is 12.2. The molecule has 9 heteroatoms. The van der Waals surface area contributed by atoms with Crippen LogP contribution in [0, 0.1) is 0 Å². The summed E-state index contributed by atoms with van der Waals surface area (Å²) in [7, 11) is 0. The molecule has 3 heterocycles. The van der Waals surface area contributed by atoms with Gasteiger partial charge < -0.3 is 14.4 Å². The summed E-state index contributed by atoms with van der Waals surface area (Å²) in [5, 5.41) is 0.683. The van der Waals surface area contributed by atoms with E-state index in [1.807, 2.05) is 55.8 Å². The molecule has 0 N–H and O–H groups in total. The molecule has 1 aromatic carbocycles. The molecule has 1 aliphatic heterocycles. The van der Waals surface area contributed by atoms with E-state index in [1.165, 1.54) is 6.33 Å². The Hall–Kier alpha value is -3.13. The molecule has 0 spiro atoms. The molecular weight excluding hydrogens is 430 g/mol. The van der Waals surface area contributed by atoms with E-state index in [0.29, 0.717) is 42.7 Å². The lowest BCUT2D eigenvalue weighted by Crippen LogP contribution is -2.44. The highest BCUT2D eigenvalue weighted by Crippen LogP contribution is 2.23. The minimum absolute atomic E-state index is 0.0242. The van der Waals surface area contributed by atoms with Crippen LogP contribution in [0.2, 0.25) is 5.02 Å². The fraction of sp³-hybridized carbons (Fsp3) is 0.391. The second-order valence-electron chi connectivity index (χ2n) is 8.67. The number of imidazole rings is 1. The van der Waals surface area contributed by atoms with Gasteiger partial charge >= 0.3 is 6.09 Å². The summed E-state index contributed by atoms with van der Waals surface area (Å²) in [5.41, 5.74) is 1.29. The van der Waals surface area contributed by atoms with E-state index < -0.39 is 5.60 Å². The normalized spacial score (nSPS) is 14.9. The standard InChI is InChI=1S/C23H26ClN5O3/c1-23(2,3)32-22(30)28-10-8-18(9-11-28)31-21-12-20(25-14-26-21)29-13-19(27-15-29)16-4-6-17(24)7-5-16/h4-7,12-15,18H,8-11H2,1-3H3. The smallest absolute Gasteiger partial charge is 0.410 e. The van der Waals surface area contributed by atoms with Gasteiger partial charge in [0, 0.05) is 48.8 Å². The van der Waals surface area contributed by atoms with Crippen LogP contribution in [0.25, 0.3) is 17.1 Å². The highest BCUT2D eigenvalue weighted by atomic mass is 35.5. The molecule has 0 bridgehead atoms. The minimum atomic E-state index is -0.497. The Morgan fingerprint density at radius 1 is 1.09 bits per heavy atom. The second-order valence-corrected chi connectivity index (χ2v) is 9.11. The van der Waals surface area contributed by atoms with Gasteiger partial charge in [-0.05, 0) is 32.9 Å². The molecule has 1 amide bonds. The topological polar surface area (TPSA) is 82.4 Å². The lowest BCUT2D eigenvalue weighted by atomic mass is 10.1. The third-order valence-corrected chi connectivity index (χ3v) is 5.25. The zero-order chi connectivity index (χ0) is 22.7. The van der Waals surface area contributed by atoms with Gasteiger partial charge in [0.2, 0.25) is 5.88 Å². The summed E-state index contributed by atoms with van der Waals surface area (Å²) in [6.45, 7) is 6.78. The number of hydrogen-bond donors (Lipinski definition) is 0. The highest BCUT2D eigenvalue weighted by molar-refractivity contribution is 6.30. The molecule has 0 aliphatic carbocycles. The molecule has 0 unspecified atom stereocenters. The average molecular weight is 456 g/mol. The van der Waals surface area contributed by atoms with Gasteiger partial charge in [0.1, 0.15) is 30.2 Å². The number of ether oxygens (including phenoxy) is 2. The van der Waals surface area contributed by atoms with Crippen molar-refractivity contribution in [1.82, 2.24) is 24.4 Å². The van der Waals surface area contributed by atoms with E-state index in [4.69, 9.17) is 21.1 Å². The lowest BCUT2D eigenvalue weighted by Gasteiger charge is -2.33. The minimum Gasteiger partial charge on any atom is -0.474 e. The number of halogens is 1. The van der Waals surface area contributed by atoms with Crippen LogP contribution in [0.5, 0.6) is 5.88 Å². The van der Waals surface area contributed by atoms with Crippen LogP contribution < -0.4 is 4.74 Å². The molecule has 0 saturated carbocycles. The molecule has 3 aromatic rings. The number of benzene rings is 1. The predicted molar refractivity (Wildman–Crippen MR) is 121 cm³/mol. The van der Waals surface area contributed by atoms with E-state index in [1.54, 1.807) is 17.3 Å². The number of amides is 1. The summed E-state index contributed by atoms with van der Waals surface area (Å²) in [5.74, 6) is 1.15. The highest BCUT2D eigenvalue weighted by Gasteiger charge is 2.27. The van der Waals surface area contributed by atoms with Crippen molar-refractivity contribution >= 4 is 17.7 Å². The van der Waals surface area contributed by atoms with Gasteiger partial charge in [-0.25, -0.2) is 19.7 Å². The monoisotopic (exact) mass is 455 g/mol. The van der Waals surface area contributed by atoms with E-state index >= 15 is 0 Å². The van der Waals surface area contributed by atoms with Crippen molar-refractivity contribution in [3.63, 3.8) is 0 Å². The summed E-state index contributed by atoms with van der Waals surface area (Å²) in [6, 6.07) is 9.30. The van der Waals surface area contributed by atoms with Crippen LogP contribution in [0.1, 0.15) is 33.6 Å². The van der Waals surface area contributed by atoms with E-state index in [0.717, 1.165) is 11.3 Å². The molecule has 1 saturated heterocycles. The Balaban J connectivity index is 1.37. The molecule has 2 aromatic heterocycles. The van der Waals surface area contributed by atoms with Gasteiger partial charge in [-0.2, -0.15) is 0 Å². The third-order valence-electron chi connectivity index (χ3n) is 5.00. The Bertz CT molecular complexity index is 1070. The second kappa shape index (κ2) is 9.16. The van der Waals surface area contributed by atoms with Crippen molar-refractivity contribution in [2.24, 2.45) is 0 Å². The number of hydrogen-bond acceptors (Lipinski definition) is 6. The molecule has 0 radical (unpaired) electrons. The fourth-order valence-corrected chi connectivity index (χ4v) is 3.53. The first-order chi connectivity index (χ1) is 15.3. The van der Waals surface area contributed by atoms with Crippen molar-refractivity contribution in [3.8, 4) is 23.0 Å². The maximum absolute atomic E-state index is 12.2. The van der Waals surface area contributed by atoms with E-state index in [-0.39, 0.29) is 12.2 Å². The fourth-order valence-electron chi connectivity index (χ4n) is 3.41. The first-order valence-corrected chi connectivity index (χ1v) is 10.9. The molecule has 0 atom stereocenters. The maximum Gasteiger partial charge on any atom is 0.410 e. The van der Waals surface area contributed by atoms with Crippen LogP contribution in [0.4, 0.5) is 4.79 Å². The Labute approximate surface area is 192 Å². The Morgan fingerprint density at radius 3 is 2.50 bits per heavy atom. The molecule has 1 aliphatic rings. The summed E-state index contributed by atoms with van der Waals surface area (Å²) < 4.78 is 13.3. The molecule has 1 fully saturated rings. The molecular formula is C23H26ClN5O3. The molecule has 168 valence electrons. The average Bonchev–Trinajstić information content (AvgIpc) is 3.24. The Kier molecular flexibility index (Phi) is 6.32. The van der Waals surface area contributed by atoms with Crippen LogP contribution in [0.3, 0.4) is 0 Å².